The van der Waals surface area contributed by atoms with Crippen LogP contribution in [0.1, 0.15) is 16.1 Å². The van der Waals surface area contributed by atoms with Gasteiger partial charge in [-0.3, -0.25) is 4.79 Å². The Morgan fingerprint density at radius 1 is 1.40 bits per heavy atom. The monoisotopic (exact) mass is 275 g/mol. The zero-order valence-corrected chi connectivity index (χ0v) is 10.7. The number of imidazole rings is 1. The third kappa shape index (κ3) is 3.37. The topological polar surface area (TPSA) is 110 Å². The molecule has 0 bridgehead atoms. The highest BCUT2D eigenvalue weighted by molar-refractivity contribution is 5.96. The van der Waals surface area contributed by atoms with E-state index >= 15 is 0 Å². The summed E-state index contributed by atoms with van der Waals surface area (Å²) in [6.45, 7) is 0. The quantitative estimate of drug-likeness (QED) is 0.726. The Labute approximate surface area is 114 Å². The van der Waals surface area contributed by atoms with Gasteiger partial charge in [-0.15, -0.1) is 0 Å². The number of ether oxygens (including phenoxy) is 1. The van der Waals surface area contributed by atoms with Crippen LogP contribution in [0.2, 0.25) is 0 Å². The van der Waals surface area contributed by atoms with Crippen molar-refractivity contribution in [2.75, 3.05) is 7.11 Å². The van der Waals surface area contributed by atoms with E-state index in [2.05, 4.69) is 30.2 Å². The molecule has 0 aliphatic heterocycles. The summed E-state index contributed by atoms with van der Waals surface area (Å²) >= 11 is 0. The van der Waals surface area contributed by atoms with Gasteiger partial charge in [0.05, 0.1) is 31.4 Å². The van der Waals surface area contributed by atoms with Crippen LogP contribution in [0.3, 0.4) is 0 Å². The Hall–Kier alpha value is -2.77. The summed E-state index contributed by atoms with van der Waals surface area (Å²) < 4.78 is 4.68. The van der Waals surface area contributed by atoms with E-state index in [0.717, 1.165) is 0 Å². The molecule has 0 radical (unpaired) electrons. The Morgan fingerprint density at radius 2 is 2.25 bits per heavy atom. The smallest absolute Gasteiger partial charge is 0.328 e. The van der Waals surface area contributed by atoms with Gasteiger partial charge in [0.1, 0.15) is 6.04 Å². The van der Waals surface area contributed by atoms with Crippen LogP contribution in [0.15, 0.2) is 31.0 Å². The molecule has 104 valence electrons. The van der Waals surface area contributed by atoms with Gasteiger partial charge >= 0.3 is 5.97 Å². The van der Waals surface area contributed by atoms with Crippen molar-refractivity contribution in [2.24, 2.45) is 0 Å². The molecule has 0 aromatic carbocycles. The van der Waals surface area contributed by atoms with Crippen LogP contribution in [-0.2, 0) is 16.0 Å². The van der Waals surface area contributed by atoms with Crippen molar-refractivity contribution in [3.8, 4) is 0 Å². The van der Waals surface area contributed by atoms with Gasteiger partial charge in [-0.25, -0.2) is 9.78 Å². The first-order chi connectivity index (χ1) is 9.70. The fourth-order valence-corrected chi connectivity index (χ4v) is 1.62. The molecule has 0 spiro atoms. The van der Waals surface area contributed by atoms with Crippen LogP contribution in [0.4, 0.5) is 0 Å². The zero-order chi connectivity index (χ0) is 14.4. The molecule has 2 N–H and O–H groups in total. The number of carbonyl (C=O) groups is 2. The van der Waals surface area contributed by atoms with Crippen molar-refractivity contribution in [3.05, 3.63) is 42.2 Å². The fraction of sp³-hybridized carbons (Fsp3) is 0.250. The van der Waals surface area contributed by atoms with Crippen molar-refractivity contribution in [1.29, 1.82) is 0 Å². The molecule has 0 fully saturated rings. The molecule has 2 aromatic heterocycles. The van der Waals surface area contributed by atoms with Gasteiger partial charge in [0, 0.05) is 18.3 Å². The highest BCUT2D eigenvalue weighted by Gasteiger charge is 2.23. The first kappa shape index (κ1) is 13.7. The second-order valence-corrected chi connectivity index (χ2v) is 3.96. The second kappa shape index (κ2) is 6.41. The highest BCUT2D eigenvalue weighted by Crippen LogP contribution is 2.02. The number of nitrogens with zero attached hydrogens (tertiary/aromatic N) is 3. The number of hydrogen-bond donors (Lipinski definition) is 2. The fourth-order valence-electron chi connectivity index (χ4n) is 1.62. The third-order valence-corrected chi connectivity index (χ3v) is 2.62. The molecule has 1 atom stereocenters. The number of esters is 1. The lowest BCUT2D eigenvalue weighted by Gasteiger charge is -2.15. The Kier molecular flexibility index (Phi) is 4.38. The SMILES string of the molecule is COC(=O)[C@H](Cc1cnc[nH]1)NC(=O)c1ccnnc1. The van der Waals surface area contributed by atoms with E-state index < -0.39 is 17.9 Å². The normalized spacial score (nSPS) is 11.7. The molecule has 0 saturated heterocycles. The number of H-pyrrole nitrogens is 1. The molecule has 2 heterocycles. The average Bonchev–Trinajstić information content (AvgIpc) is 2.99. The summed E-state index contributed by atoms with van der Waals surface area (Å²) in [5.41, 5.74) is 1.03. The molecule has 8 heteroatoms. The first-order valence-electron chi connectivity index (χ1n) is 5.83. The van der Waals surface area contributed by atoms with Gasteiger partial charge in [-0.1, -0.05) is 0 Å². The molecule has 2 rings (SSSR count). The van der Waals surface area contributed by atoms with Crippen molar-refractivity contribution in [1.82, 2.24) is 25.5 Å². The standard InChI is InChI=1S/C12H13N5O3/c1-20-12(19)10(4-9-6-13-7-14-9)17-11(18)8-2-3-15-16-5-8/h2-3,5-7,10H,4H2,1H3,(H,13,14)(H,17,18)/t10-/m0/s1. The molecule has 0 saturated carbocycles. The number of methoxy groups -OCH3 is 1. The predicted molar refractivity (Wildman–Crippen MR) is 67.6 cm³/mol. The Morgan fingerprint density at radius 3 is 2.85 bits per heavy atom. The lowest BCUT2D eigenvalue weighted by molar-refractivity contribution is -0.142. The van der Waals surface area contributed by atoms with E-state index in [4.69, 9.17) is 0 Å². The van der Waals surface area contributed by atoms with Crippen molar-refractivity contribution < 1.29 is 14.3 Å². The largest absolute Gasteiger partial charge is 0.467 e. The van der Waals surface area contributed by atoms with Crippen LogP contribution < -0.4 is 5.32 Å². The minimum absolute atomic E-state index is 0.261. The molecular weight excluding hydrogens is 262 g/mol. The second-order valence-electron chi connectivity index (χ2n) is 3.96. The highest BCUT2D eigenvalue weighted by atomic mass is 16.5. The van der Waals surface area contributed by atoms with E-state index in [9.17, 15) is 9.59 Å². The van der Waals surface area contributed by atoms with Crippen LogP contribution in [0, 0.1) is 0 Å². The van der Waals surface area contributed by atoms with Gasteiger partial charge in [0.25, 0.3) is 5.91 Å². The van der Waals surface area contributed by atoms with Crippen LogP contribution >= 0.6 is 0 Å². The number of carbonyl (C=O) groups excluding carboxylic acids is 2. The Balaban J connectivity index is 2.08. The number of nitrogens with one attached hydrogen (secondary N) is 2. The first-order valence-corrected chi connectivity index (χ1v) is 5.83. The number of rotatable bonds is 5. The number of amides is 1. The molecule has 1 amide bonds. The maximum Gasteiger partial charge on any atom is 0.328 e. The van der Waals surface area contributed by atoms with Crippen LogP contribution in [0.5, 0.6) is 0 Å². The molecule has 0 unspecified atom stereocenters. The molecule has 20 heavy (non-hydrogen) atoms. The average molecular weight is 275 g/mol. The molecular formula is C12H13N5O3. The van der Waals surface area contributed by atoms with Gasteiger partial charge in [0.2, 0.25) is 0 Å². The van der Waals surface area contributed by atoms with E-state index in [1.54, 1.807) is 6.20 Å². The Bertz CT molecular complexity index is 570. The third-order valence-electron chi connectivity index (χ3n) is 2.62. The number of aromatic nitrogens is 4. The summed E-state index contributed by atoms with van der Waals surface area (Å²) in [4.78, 5) is 30.4. The lowest BCUT2D eigenvalue weighted by Crippen LogP contribution is -2.43. The predicted octanol–water partition coefficient (Wildman–Crippen LogP) is -0.286. The maximum atomic E-state index is 12.0. The summed E-state index contributed by atoms with van der Waals surface area (Å²) in [7, 11) is 1.27. The van der Waals surface area contributed by atoms with Gasteiger partial charge < -0.3 is 15.0 Å². The van der Waals surface area contributed by atoms with Gasteiger partial charge in [-0.2, -0.15) is 10.2 Å². The number of aromatic amines is 1. The molecule has 0 aliphatic rings. The molecule has 2 aromatic rings. The summed E-state index contributed by atoms with van der Waals surface area (Å²) in [5, 5.41) is 9.79. The summed E-state index contributed by atoms with van der Waals surface area (Å²) in [6, 6.07) is 0.702. The van der Waals surface area contributed by atoms with Crippen molar-refractivity contribution in [2.45, 2.75) is 12.5 Å². The van der Waals surface area contributed by atoms with E-state index in [1.165, 1.54) is 31.9 Å². The van der Waals surface area contributed by atoms with Gasteiger partial charge in [-0.05, 0) is 6.07 Å². The van der Waals surface area contributed by atoms with Crippen molar-refractivity contribution in [3.63, 3.8) is 0 Å². The van der Waals surface area contributed by atoms with Gasteiger partial charge in [0.15, 0.2) is 0 Å². The van der Waals surface area contributed by atoms with Crippen LogP contribution in [0.25, 0.3) is 0 Å². The number of hydrogen-bond acceptors (Lipinski definition) is 6. The zero-order valence-electron chi connectivity index (χ0n) is 10.7. The minimum Gasteiger partial charge on any atom is -0.467 e. The summed E-state index contributed by atoms with van der Waals surface area (Å²) in [5.74, 6) is -0.954. The molecule has 8 nitrogen and oxygen atoms in total. The van der Waals surface area contributed by atoms with E-state index in [0.29, 0.717) is 11.3 Å². The van der Waals surface area contributed by atoms with E-state index in [-0.39, 0.29) is 6.42 Å². The molecule has 0 aliphatic carbocycles. The lowest BCUT2D eigenvalue weighted by atomic mass is 10.1. The van der Waals surface area contributed by atoms with Crippen molar-refractivity contribution >= 4 is 11.9 Å². The summed E-state index contributed by atoms with van der Waals surface area (Å²) in [6.07, 6.45) is 6.06. The van der Waals surface area contributed by atoms with Crippen LogP contribution in [-0.4, -0.2) is 45.2 Å². The minimum atomic E-state index is -0.805. The van der Waals surface area contributed by atoms with E-state index in [1.807, 2.05) is 0 Å². The maximum absolute atomic E-state index is 12.0.